The SMILES string of the molecule is CNC(=O)COc1cc2cc(Nc3nc(N4CCC(O[C@H]5C[C@H](N6CCC7(CC6)CN(c6ccc8c(c6)C(=O)N(C6CCC(=O)NC6=O)C8=O)C7)C5)CC4)ncc3Cl)ccc2n(C(C)C)c1=O. The van der Waals surface area contributed by atoms with Gasteiger partial charge in [-0.25, -0.2) is 4.98 Å². The van der Waals surface area contributed by atoms with E-state index in [0.29, 0.717) is 39.6 Å². The molecule has 67 heavy (non-hydrogen) atoms. The zero-order valence-electron chi connectivity index (χ0n) is 37.9. The quantitative estimate of drug-likeness (QED) is 0.169. The molecule has 352 valence electrons. The molecule has 6 aliphatic rings. The van der Waals surface area contributed by atoms with Gasteiger partial charge in [-0.3, -0.25) is 39.0 Å². The van der Waals surface area contributed by atoms with E-state index < -0.39 is 29.7 Å². The van der Waals surface area contributed by atoms with Crippen molar-refractivity contribution in [2.24, 2.45) is 5.41 Å². The zero-order valence-corrected chi connectivity index (χ0v) is 38.6. The molecule has 19 heteroatoms. The molecule has 5 amide bonds. The van der Waals surface area contributed by atoms with Crippen molar-refractivity contribution in [3.8, 4) is 5.75 Å². The molecule has 7 heterocycles. The van der Waals surface area contributed by atoms with Crippen LogP contribution in [0.3, 0.4) is 0 Å². The van der Waals surface area contributed by atoms with Crippen LogP contribution in [0.15, 0.2) is 53.5 Å². The summed E-state index contributed by atoms with van der Waals surface area (Å²) < 4.78 is 13.9. The number of imide groups is 2. The molecule has 1 spiro atoms. The number of halogens is 1. The fourth-order valence-corrected chi connectivity index (χ4v) is 10.8. The lowest BCUT2D eigenvalue weighted by Gasteiger charge is -2.57. The summed E-state index contributed by atoms with van der Waals surface area (Å²) in [5, 5.41) is 9.22. The summed E-state index contributed by atoms with van der Waals surface area (Å²) >= 11 is 6.61. The average molecular weight is 935 g/mol. The van der Waals surface area contributed by atoms with Crippen molar-refractivity contribution in [2.75, 3.05) is 68.0 Å². The van der Waals surface area contributed by atoms with Gasteiger partial charge in [-0.05, 0) is 114 Å². The van der Waals surface area contributed by atoms with Crippen LogP contribution in [-0.2, 0) is 19.1 Å². The van der Waals surface area contributed by atoms with Gasteiger partial charge in [-0.2, -0.15) is 4.98 Å². The Morgan fingerprint density at radius 1 is 0.910 bits per heavy atom. The van der Waals surface area contributed by atoms with Crippen LogP contribution in [0.5, 0.6) is 5.75 Å². The van der Waals surface area contributed by atoms with Gasteiger partial charge in [-0.15, -0.1) is 0 Å². The summed E-state index contributed by atoms with van der Waals surface area (Å²) in [5.74, 6) is -1.15. The topological polar surface area (TPSA) is 201 Å². The van der Waals surface area contributed by atoms with Gasteiger partial charge >= 0.3 is 0 Å². The Bertz CT molecular complexity index is 2720. The third kappa shape index (κ3) is 8.59. The number of rotatable bonds is 12. The van der Waals surface area contributed by atoms with Gasteiger partial charge in [0.1, 0.15) is 11.1 Å². The number of piperidine rings is 3. The number of benzene rings is 2. The minimum atomic E-state index is -0.971. The molecular formula is C48H55ClN10O8. The van der Waals surface area contributed by atoms with E-state index in [1.54, 1.807) is 29.0 Å². The predicted molar refractivity (Wildman–Crippen MR) is 250 cm³/mol. The predicted octanol–water partition coefficient (Wildman–Crippen LogP) is 4.41. The highest BCUT2D eigenvalue weighted by Crippen LogP contribution is 2.45. The number of amides is 5. The minimum absolute atomic E-state index is 0.0914. The molecule has 4 aromatic rings. The molecule has 1 aliphatic carbocycles. The van der Waals surface area contributed by atoms with Gasteiger partial charge in [0.15, 0.2) is 18.2 Å². The molecule has 18 nitrogen and oxygen atoms in total. The van der Waals surface area contributed by atoms with E-state index in [2.05, 4.69) is 35.6 Å². The van der Waals surface area contributed by atoms with Gasteiger partial charge in [0.25, 0.3) is 23.3 Å². The lowest BCUT2D eigenvalue weighted by molar-refractivity contribution is -0.136. The van der Waals surface area contributed by atoms with Crippen molar-refractivity contribution in [1.29, 1.82) is 0 Å². The number of nitrogens with one attached hydrogen (secondary N) is 3. The van der Waals surface area contributed by atoms with Crippen LogP contribution in [0, 0.1) is 5.41 Å². The largest absolute Gasteiger partial charge is 0.478 e. The van der Waals surface area contributed by atoms with Crippen molar-refractivity contribution >= 4 is 75.2 Å². The fraction of sp³-hybridized carbons (Fsp3) is 0.500. The third-order valence-electron chi connectivity index (χ3n) is 14.5. The first-order valence-corrected chi connectivity index (χ1v) is 23.7. The van der Waals surface area contributed by atoms with E-state index >= 15 is 0 Å². The summed E-state index contributed by atoms with van der Waals surface area (Å²) in [6.07, 6.45) is 8.33. The summed E-state index contributed by atoms with van der Waals surface area (Å²) in [5.41, 5.74) is 2.91. The van der Waals surface area contributed by atoms with Crippen molar-refractivity contribution in [3.63, 3.8) is 0 Å². The molecule has 2 aromatic heterocycles. The number of aromatic nitrogens is 3. The van der Waals surface area contributed by atoms with Gasteiger partial charge in [0.2, 0.25) is 17.8 Å². The molecule has 1 unspecified atom stereocenters. The summed E-state index contributed by atoms with van der Waals surface area (Å²) in [7, 11) is 1.51. The molecule has 0 bridgehead atoms. The first-order chi connectivity index (χ1) is 32.3. The highest BCUT2D eigenvalue weighted by molar-refractivity contribution is 6.33. The highest BCUT2D eigenvalue weighted by Gasteiger charge is 2.49. The Labute approximate surface area is 392 Å². The van der Waals surface area contributed by atoms with Gasteiger partial charge in [0.05, 0.1) is 35.0 Å². The third-order valence-corrected chi connectivity index (χ3v) is 14.8. The van der Waals surface area contributed by atoms with Gasteiger partial charge in [-0.1, -0.05) is 11.6 Å². The Kier molecular flexibility index (Phi) is 11.9. The van der Waals surface area contributed by atoms with E-state index in [9.17, 15) is 28.8 Å². The van der Waals surface area contributed by atoms with Crippen LogP contribution in [0.25, 0.3) is 10.9 Å². The van der Waals surface area contributed by atoms with Crippen LogP contribution >= 0.6 is 11.6 Å². The van der Waals surface area contributed by atoms with Crippen molar-refractivity contribution in [2.45, 2.75) is 95.5 Å². The van der Waals surface area contributed by atoms with E-state index in [4.69, 9.17) is 26.1 Å². The number of anilines is 4. The number of nitrogens with zero attached hydrogens (tertiary/aromatic N) is 7. The van der Waals surface area contributed by atoms with E-state index in [1.165, 1.54) is 7.05 Å². The van der Waals surface area contributed by atoms with Crippen LogP contribution in [0.4, 0.5) is 23.1 Å². The maximum atomic E-state index is 13.4. The zero-order chi connectivity index (χ0) is 46.7. The maximum absolute atomic E-state index is 13.4. The Hall–Kier alpha value is -6.11. The number of pyridine rings is 1. The Morgan fingerprint density at radius 3 is 2.37 bits per heavy atom. The standard InChI is InChI=1S/C48H55ClN10O8/c1-27(2)58-37-7-4-29(18-28(37)19-39(46(58)65)66-24-41(61)50-3)52-42-36(49)23-51-47(54-42)56-14-10-32(11-15-56)67-33-20-31(21-33)55-16-12-48(13-17-55)25-57(26-48)30-5-6-34-35(22-30)45(64)59(44(34)63)38-8-9-40(60)53-43(38)62/h4-7,18-19,22-23,27,31-33,38H,8-17,20-21,24-26H2,1-3H3,(H,50,61)(H,51,52,54)(H,53,60,62)/t31-,33-,38?. The molecular weight excluding hydrogens is 880 g/mol. The number of ether oxygens (including phenoxy) is 2. The fourth-order valence-electron chi connectivity index (χ4n) is 10.7. The van der Waals surface area contributed by atoms with E-state index in [-0.39, 0.29) is 60.3 Å². The second-order valence-corrected chi connectivity index (χ2v) is 19.6. The molecule has 1 atom stereocenters. The monoisotopic (exact) mass is 934 g/mol. The molecule has 5 aliphatic heterocycles. The van der Waals surface area contributed by atoms with Crippen LogP contribution in [-0.4, -0.2) is 131 Å². The number of fused-ring (bicyclic) bond motifs is 2. The average Bonchev–Trinajstić information content (AvgIpc) is 3.54. The number of likely N-dealkylation sites (tertiary alicyclic amines) is 1. The summed E-state index contributed by atoms with van der Waals surface area (Å²) in [4.78, 5) is 93.3. The van der Waals surface area contributed by atoms with E-state index in [0.717, 1.165) is 99.3 Å². The number of hydrogen-bond donors (Lipinski definition) is 3. The number of likely N-dealkylation sites (N-methyl/N-ethyl adjacent to an activating group) is 1. The van der Waals surface area contributed by atoms with Crippen LogP contribution in [0.1, 0.15) is 92.0 Å². The second-order valence-electron chi connectivity index (χ2n) is 19.1. The highest BCUT2D eigenvalue weighted by atomic mass is 35.5. The maximum Gasteiger partial charge on any atom is 0.293 e. The summed E-state index contributed by atoms with van der Waals surface area (Å²) in [6, 6.07) is 12.1. The van der Waals surface area contributed by atoms with Crippen LogP contribution < -0.4 is 36.0 Å². The lowest BCUT2D eigenvalue weighted by Crippen LogP contribution is -2.62. The van der Waals surface area contributed by atoms with E-state index in [1.807, 2.05) is 38.1 Å². The molecule has 5 fully saturated rings. The molecule has 1 saturated carbocycles. The number of hydrogen-bond acceptors (Lipinski definition) is 14. The number of carbonyl (C=O) groups excluding carboxylic acids is 5. The van der Waals surface area contributed by atoms with Gasteiger partial charge < -0.3 is 39.4 Å². The lowest BCUT2D eigenvalue weighted by atomic mass is 9.71. The Morgan fingerprint density at radius 2 is 1.66 bits per heavy atom. The normalized spacial score (nSPS) is 23.1. The second kappa shape index (κ2) is 17.8. The Balaban J connectivity index is 0.676. The van der Waals surface area contributed by atoms with Crippen molar-refractivity contribution in [3.05, 3.63) is 75.2 Å². The first kappa shape index (κ1) is 44.7. The molecule has 2 aromatic carbocycles. The smallest absolute Gasteiger partial charge is 0.293 e. The molecule has 3 N–H and O–H groups in total. The van der Waals surface area contributed by atoms with Crippen LogP contribution in [0.2, 0.25) is 5.02 Å². The van der Waals surface area contributed by atoms with Gasteiger partial charge in [0, 0.05) is 73.9 Å². The first-order valence-electron chi connectivity index (χ1n) is 23.3. The number of carbonyl (C=O) groups is 5. The molecule has 4 saturated heterocycles. The van der Waals surface area contributed by atoms with Crippen molar-refractivity contribution in [1.82, 2.24) is 35.0 Å². The minimum Gasteiger partial charge on any atom is -0.478 e. The molecule has 10 rings (SSSR count). The molecule has 0 radical (unpaired) electrons. The summed E-state index contributed by atoms with van der Waals surface area (Å²) in [6.45, 7) is 9.01. The van der Waals surface area contributed by atoms with Crippen molar-refractivity contribution < 1.29 is 33.4 Å².